The van der Waals surface area contributed by atoms with Crippen molar-refractivity contribution in [2.75, 3.05) is 9.80 Å². The highest BCUT2D eigenvalue weighted by molar-refractivity contribution is 7.00. The number of anilines is 6. The summed E-state index contributed by atoms with van der Waals surface area (Å²) in [4.78, 5) is 5.20. The summed E-state index contributed by atoms with van der Waals surface area (Å²) < 4.78 is 6.34. The highest BCUT2D eigenvalue weighted by atomic mass is 16.3. The second kappa shape index (κ2) is 14.1. The molecule has 330 valence electrons. The summed E-state index contributed by atoms with van der Waals surface area (Å²) in [5, 5.41) is 2.30. The Morgan fingerprint density at radius 1 is 0.433 bits per heavy atom. The van der Waals surface area contributed by atoms with E-state index in [-0.39, 0.29) is 28.4 Å². The highest BCUT2D eigenvalue weighted by Gasteiger charge is 2.45. The van der Waals surface area contributed by atoms with Gasteiger partial charge in [-0.15, -0.1) is 0 Å². The van der Waals surface area contributed by atoms with Gasteiger partial charge in [-0.1, -0.05) is 173 Å². The van der Waals surface area contributed by atoms with E-state index in [1.54, 1.807) is 0 Å². The second-order valence-corrected chi connectivity index (χ2v) is 23.1. The van der Waals surface area contributed by atoms with Crippen LogP contribution in [0.25, 0.3) is 44.2 Å². The summed E-state index contributed by atoms with van der Waals surface area (Å²) in [6.07, 6.45) is 0. The van der Waals surface area contributed by atoms with E-state index in [1.165, 1.54) is 94.9 Å². The fourth-order valence-corrected chi connectivity index (χ4v) is 11.6. The first-order valence-corrected chi connectivity index (χ1v) is 24.2. The molecule has 0 saturated heterocycles. The van der Waals surface area contributed by atoms with Gasteiger partial charge >= 0.3 is 0 Å². The van der Waals surface area contributed by atoms with Gasteiger partial charge in [0.2, 0.25) is 0 Å². The van der Waals surface area contributed by atoms with E-state index in [2.05, 4.69) is 238 Å². The minimum Gasteiger partial charge on any atom is -0.456 e. The molecule has 3 nitrogen and oxygen atoms in total. The lowest BCUT2D eigenvalue weighted by Crippen LogP contribution is -2.61. The van der Waals surface area contributed by atoms with Crippen LogP contribution in [0, 0.1) is 0 Å². The van der Waals surface area contributed by atoms with Gasteiger partial charge < -0.3 is 14.2 Å². The molecule has 1 aliphatic carbocycles. The molecule has 8 aromatic carbocycles. The molecule has 0 saturated carbocycles. The molecule has 3 aliphatic rings. The van der Waals surface area contributed by atoms with Crippen LogP contribution in [0.3, 0.4) is 0 Å². The molecule has 9 aromatic rings. The van der Waals surface area contributed by atoms with Crippen LogP contribution in [0.1, 0.15) is 104 Å². The molecule has 0 amide bonds. The maximum Gasteiger partial charge on any atom is 0.252 e. The van der Waals surface area contributed by atoms with Crippen LogP contribution in [0.2, 0.25) is 0 Å². The first-order valence-electron chi connectivity index (χ1n) is 24.2. The van der Waals surface area contributed by atoms with Crippen LogP contribution in [-0.4, -0.2) is 6.71 Å². The largest absolute Gasteiger partial charge is 0.456 e. The summed E-state index contributed by atoms with van der Waals surface area (Å²) in [6, 6.07) is 60.1. The molecule has 4 heteroatoms. The van der Waals surface area contributed by atoms with E-state index in [1.807, 2.05) is 6.07 Å². The zero-order chi connectivity index (χ0) is 46.5. The molecule has 0 bridgehead atoms. The van der Waals surface area contributed by atoms with Crippen LogP contribution in [0.15, 0.2) is 162 Å². The quantitative estimate of drug-likeness (QED) is 0.165. The fraction of sp³-hybridized carbons (Fsp3) is 0.238. The lowest BCUT2D eigenvalue weighted by atomic mass is 9.33. The normalized spacial score (nSPS) is 14.8. The van der Waals surface area contributed by atoms with Gasteiger partial charge in [-0.25, -0.2) is 0 Å². The van der Waals surface area contributed by atoms with E-state index in [4.69, 9.17) is 4.42 Å². The zero-order valence-electron chi connectivity index (χ0n) is 40.9. The van der Waals surface area contributed by atoms with Crippen LogP contribution in [0.5, 0.6) is 0 Å². The van der Waals surface area contributed by atoms with E-state index in [9.17, 15) is 0 Å². The van der Waals surface area contributed by atoms with Crippen molar-refractivity contribution in [2.24, 2.45) is 0 Å². The van der Waals surface area contributed by atoms with Gasteiger partial charge in [0, 0.05) is 50.3 Å². The molecule has 0 radical (unpaired) electrons. The Morgan fingerprint density at radius 2 is 1.01 bits per heavy atom. The van der Waals surface area contributed by atoms with Crippen molar-refractivity contribution in [1.29, 1.82) is 0 Å². The predicted molar refractivity (Wildman–Crippen MR) is 287 cm³/mol. The standard InChI is InChI=1S/C63H59BN2O/c1-60(2,3)39-26-32-52-51(33-39)64-50-31-25-40(61(4,5)6)34-53(50)66(43-29-30-46-45-17-12-14-20-48(45)63(10,11)49(46)37-43)55-36-41(62(7,8)9)35-54(59(55)64)65(52)42-27-23-38(24-28-42)44-19-16-22-57-58(44)47-18-13-15-21-56(47)67-57/h12-37H,1-11H3. The van der Waals surface area contributed by atoms with Crippen LogP contribution in [0.4, 0.5) is 34.1 Å². The Kier molecular flexibility index (Phi) is 8.78. The van der Waals surface area contributed by atoms with Crippen molar-refractivity contribution >= 4 is 79.2 Å². The molecule has 0 unspecified atom stereocenters. The van der Waals surface area contributed by atoms with Gasteiger partial charge in [0.15, 0.2) is 0 Å². The van der Waals surface area contributed by atoms with Crippen molar-refractivity contribution in [3.63, 3.8) is 0 Å². The summed E-state index contributed by atoms with van der Waals surface area (Å²) in [7, 11) is 0. The van der Waals surface area contributed by atoms with Gasteiger partial charge in [-0.3, -0.25) is 0 Å². The smallest absolute Gasteiger partial charge is 0.252 e. The van der Waals surface area contributed by atoms with Crippen LogP contribution in [-0.2, 0) is 21.7 Å². The molecular formula is C63H59BN2O. The highest BCUT2D eigenvalue weighted by Crippen LogP contribution is 2.52. The third-order valence-electron chi connectivity index (χ3n) is 15.3. The predicted octanol–water partition coefficient (Wildman–Crippen LogP) is 15.5. The van der Waals surface area contributed by atoms with Gasteiger partial charge in [0.1, 0.15) is 11.2 Å². The summed E-state index contributed by atoms with van der Waals surface area (Å²) in [6.45, 7) is 25.9. The lowest BCUT2D eigenvalue weighted by Gasteiger charge is -2.46. The van der Waals surface area contributed by atoms with Crippen molar-refractivity contribution in [1.82, 2.24) is 0 Å². The number of para-hydroxylation sites is 1. The monoisotopic (exact) mass is 870 g/mol. The molecule has 0 fully saturated rings. The Labute approximate surface area is 397 Å². The van der Waals surface area contributed by atoms with Gasteiger partial charge in [-0.05, 0) is 143 Å². The molecule has 67 heavy (non-hydrogen) atoms. The lowest BCUT2D eigenvalue weighted by molar-refractivity contribution is 0.589. The van der Waals surface area contributed by atoms with E-state index in [0.29, 0.717) is 0 Å². The molecule has 1 aromatic heterocycles. The van der Waals surface area contributed by atoms with Crippen molar-refractivity contribution in [3.05, 3.63) is 186 Å². The number of fused-ring (bicyclic) bond motifs is 10. The maximum atomic E-state index is 6.34. The topological polar surface area (TPSA) is 19.6 Å². The average molecular weight is 871 g/mol. The Bertz CT molecular complexity index is 3510. The minimum atomic E-state index is -0.134. The first kappa shape index (κ1) is 41.6. The summed E-state index contributed by atoms with van der Waals surface area (Å²) in [5.41, 5.74) is 24.7. The SMILES string of the molecule is CC(C)(C)c1ccc2c(c1)B1c3ccc(C(C)(C)C)cc3N(c3ccc4c(c3)C(C)(C)c3ccccc3-4)c3cc(C(C)(C)C)cc(c31)N2c1ccc(-c2cccc3oc4ccccc4c23)cc1. The molecule has 0 atom stereocenters. The molecule has 0 N–H and O–H groups in total. The Morgan fingerprint density at radius 3 is 1.75 bits per heavy atom. The van der Waals surface area contributed by atoms with Gasteiger partial charge in [-0.2, -0.15) is 0 Å². The van der Waals surface area contributed by atoms with Crippen molar-refractivity contribution in [3.8, 4) is 22.3 Å². The van der Waals surface area contributed by atoms with Crippen LogP contribution < -0.4 is 26.2 Å². The molecule has 12 rings (SSSR count). The number of hydrogen-bond donors (Lipinski definition) is 0. The molecule has 3 heterocycles. The average Bonchev–Trinajstić information content (AvgIpc) is 3.79. The number of nitrogens with zero attached hydrogens (tertiary/aromatic N) is 2. The number of hydrogen-bond acceptors (Lipinski definition) is 3. The maximum absolute atomic E-state index is 6.34. The van der Waals surface area contributed by atoms with E-state index < -0.39 is 0 Å². The molecule has 2 aliphatic heterocycles. The summed E-state index contributed by atoms with van der Waals surface area (Å²) in [5.74, 6) is 0. The Hall–Kier alpha value is -6.78. The molecular weight excluding hydrogens is 812 g/mol. The van der Waals surface area contributed by atoms with E-state index >= 15 is 0 Å². The van der Waals surface area contributed by atoms with Crippen molar-refractivity contribution < 1.29 is 4.42 Å². The zero-order valence-corrected chi connectivity index (χ0v) is 40.9. The summed E-state index contributed by atoms with van der Waals surface area (Å²) >= 11 is 0. The van der Waals surface area contributed by atoms with E-state index in [0.717, 1.165) is 27.6 Å². The van der Waals surface area contributed by atoms with Gasteiger partial charge in [0.25, 0.3) is 6.71 Å². The number of furan rings is 1. The third kappa shape index (κ3) is 6.25. The third-order valence-corrected chi connectivity index (χ3v) is 15.3. The number of rotatable bonds is 3. The fourth-order valence-electron chi connectivity index (χ4n) is 11.6. The molecule has 0 spiro atoms. The first-order chi connectivity index (χ1) is 31.9. The minimum absolute atomic E-state index is 0.0224. The van der Waals surface area contributed by atoms with Crippen LogP contribution >= 0.6 is 0 Å². The van der Waals surface area contributed by atoms with Crippen molar-refractivity contribution in [2.45, 2.75) is 97.8 Å². The Balaban J connectivity index is 1.12. The second-order valence-electron chi connectivity index (χ2n) is 23.1. The number of benzene rings is 8. The van der Waals surface area contributed by atoms with Gasteiger partial charge in [0.05, 0.1) is 0 Å².